The Bertz CT molecular complexity index is 1560. The van der Waals surface area contributed by atoms with Crippen LogP contribution in [0.15, 0.2) is 73.2 Å². The van der Waals surface area contributed by atoms with Crippen LogP contribution in [0.4, 0.5) is 27.8 Å². The van der Waals surface area contributed by atoms with Gasteiger partial charge in [-0.2, -0.15) is 23.4 Å². The number of benzene rings is 2. The Morgan fingerprint density at radius 2 is 1.68 bits per heavy atom. The van der Waals surface area contributed by atoms with Crippen molar-refractivity contribution in [3.63, 3.8) is 0 Å². The topological polar surface area (TPSA) is 101 Å². The van der Waals surface area contributed by atoms with E-state index in [-0.39, 0.29) is 29.1 Å². The third-order valence-corrected chi connectivity index (χ3v) is 5.25. The van der Waals surface area contributed by atoms with Crippen molar-refractivity contribution >= 4 is 11.7 Å². The van der Waals surface area contributed by atoms with Crippen LogP contribution in [0.3, 0.4) is 0 Å². The van der Waals surface area contributed by atoms with E-state index in [9.17, 15) is 26.7 Å². The number of hydrogen-bond acceptors (Lipinski definition) is 5. The predicted molar refractivity (Wildman–Crippen MR) is 121 cm³/mol. The van der Waals surface area contributed by atoms with E-state index in [1.165, 1.54) is 59.7 Å². The van der Waals surface area contributed by atoms with E-state index in [1.807, 2.05) is 0 Å². The van der Waals surface area contributed by atoms with Crippen molar-refractivity contribution in [2.24, 2.45) is 0 Å². The van der Waals surface area contributed by atoms with Gasteiger partial charge in [-0.3, -0.25) is 9.89 Å². The summed E-state index contributed by atoms with van der Waals surface area (Å²) in [5, 5.41) is 12.9. The molecule has 5 aromatic rings. The summed E-state index contributed by atoms with van der Waals surface area (Å²) in [7, 11) is 0. The molecule has 2 aromatic carbocycles. The van der Waals surface area contributed by atoms with Crippen LogP contribution in [0.2, 0.25) is 0 Å². The Hall–Kier alpha value is -4.94. The summed E-state index contributed by atoms with van der Waals surface area (Å²) in [6.07, 6.45) is -0.639. The van der Waals surface area contributed by atoms with Crippen molar-refractivity contribution in [2.75, 3.05) is 5.32 Å². The van der Waals surface area contributed by atoms with Gasteiger partial charge in [-0.1, -0.05) is 0 Å². The van der Waals surface area contributed by atoms with Crippen LogP contribution in [0, 0.1) is 11.6 Å². The van der Waals surface area contributed by atoms with E-state index in [2.05, 4.69) is 30.6 Å². The Kier molecular flexibility index (Phi) is 5.95. The molecule has 0 aliphatic rings. The van der Waals surface area contributed by atoms with Gasteiger partial charge in [-0.15, -0.1) is 0 Å². The molecule has 13 heteroatoms. The lowest BCUT2D eigenvalue weighted by Crippen LogP contribution is -2.18. The Morgan fingerprint density at radius 3 is 2.32 bits per heavy atom. The maximum Gasteiger partial charge on any atom is 0.417 e. The summed E-state index contributed by atoms with van der Waals surface area (Å²) in [6.45, 7) is 0. The van der Waals surface area contributed by atoms with Gasteiger partial charge in [0.05, 0.1) is 22.5 Å². The molecular weight excluding hydrogens is 497 g/mol. The van der Waals surface area contributed by atoms with Crippen molar-refractivity contribution in [3.8, 4) is 28.5 Å². The molecule has 0 radical (unpaired) electrons. The SMILES string of the molecule is O=C(Nc1cc(-c2ncccn2)nn1-c1ccc(F)cc1)c1cc(-c2cc[nH]n2)c(C(F)(F)F)cc1F. The summed E-state index contributed by atoms with van der Waals surface area (Å²) in [5.41, 5.74) is -1.98. The highest BCUT2D eigenvalue weighted by molar-refractivity contribution is 6.05. The number of halogens is 5. The molecule has 8 nitrogen and oxygen atoms in total. The highest BCUT2D eigenvalue weighted by Crippen LogP contribution is 2.38. The maximum absolute atomic E-state index is 14.8. The van der Waals surface area contributed by atoms with Crippen LogP contribution in [-0.2, 0) is 6.18 Å². The Balaban J connectivity index is 1.58. The number of hydrogen-bond donors (Lipinski definition) is 2. The van der Waals surface area contributed by atoms with Gasteiger partial charge in [-0.05, 0) is 48.5 Å². The highest BCUT2D eigenvalue weighted by atomic mass is 19.4. The van der Waals surface area contributed by atoms with Gasteiger partial charge >= 0.3 is 6.18 Å². The summed E-state index contributed by atoms with van der Waals surface area (Å²) >= 11 is 0. The summed E-state index contributed by atoms with van der Waals surface area (Å²) in [4.78, 5) is 21.3. The number of aromatic nitrogens is 6. The molecule has 0 unspecified atom stereocenters. The summed E-state index contributed by atoms with van der Waals surface area (Å²) < 4.78 is 70.3. The average molecular weight is 511 g/mol. The number of H-pyrrole nitrogens is 1. The second-order valence-corrected chi connectivity index (χ2v) is 7.66. The lowest BCUT2D eigenvalue weighted by molar-refractivity contribution is -0.137. The summed E-state index contributed by atoms with van der Waals surface area (Å²) in [5.74, 6) is -2.72. The third-order valence-electron chi connectivity index (χ3n) is 5.25. The molecule has 0 saturated heterocycles. The molecule has 0 bridgehead atoms. The number of nitrogens with one attached hydrogen (secondary N) is 2. The first kappa shape index (κ1) is 23.8. The molecule has 0 saturated carbocycles. The molecule has 0 spiro atoms. The number of carbonyl (C=O) groups is 1. The molecule has 1 amide bonds. The van der Waals surface area contributed by atoms with E-state index < -0.39 is 40.4 Å². The van der Waals surface area contributed by atoms with Crippen LogP contribution in [0.25, 0.3) is 28.5 Å². The van der Waals surface area contributed by atoms with Gasteiger partial charge in [0.25, 0.3) is 5.91 Å². The fourth-order valence-corrected chi connectivity index (χ4v) is 3.58. The lowest BCUT2D eigenvalue weighted by atomic mass is 9.99. The molecule has 0 atom stereocenters. The fraction of sp³-hybridized carbons (Fsp3) is 0.0417. The first-order chi connectivity index (χ1) is 17.7. The number of anilines is 1. The standard InChI is InChI=1S/C24H14F5N7O/c25-13-2-4-14(5-3-13)36-21(12-20(35-36)22-30-7-1-8-31-22)33-23(37)16-10-15(19-6-9-32-34-19)17(11-18(16)26)24(27,28)29/h1-12H,(H,32,34)(H,33,37). The molecule has 0 aliphatic carbocycles. The molecule has 2 N–H and O–H groups in total. The van der Waals surface area contributed by atoms with Crippen LogP contribution < -0.4 is 5.32 Å². The van der Waals surface area contributed by atoms with Crippen LogP contribution >= 0.6 is 0 Å². The normalized spacial score (nSPS) is 11.5. The van der Waals surface area contributed by atoms with Gasteiger partial charge in [0.2, 0.25) is 0 Å². The van der Waals surface area contributed by atoms with Crippen molar-refractivity contribution in [3.05, 3.63) is 95.9 Å². The smallest absolute Gasteiger partial charge is 0.306 e. The number of aromatic amines is 1. The maximum atomic E-state index is 14.8. The number of carbonyl (C=O) groups excluding carboxylic acids is 1. The molecule has 3 heterocycles. The van der Waals surface area contributed by atoms with Crippen molar-refractivity contribution in [2.45, 2.75) is 6.18 Å². The van der Waals surface area contributed by atoms with E-state index in [4.69, 9.17) is 0 Å². The molecule has 0 fully saturated rings. The largest absolute Gasteiger partial charge is 0.417 e. The molecule has 186 valence electrons. The minimum Gasteiger partial charge on any atom is -0.306 e. The molecular formula is C24H14F5N7O. The van der Waals surface area contributed by atoms with Crippen LogP contribution in [-0.4, -0.2) is 35.9 Å². The van der Waals surface area contributed by atoms with Gasteiger partial charge in [0.1, 0.15) is 23.1 Å². The number of nitrogens with zero attached hydrogens (tertiary/aromatic N) is 5. The molecule has 37 heavy (non-hydrogen) atoms. The summed E-state index contributed by atoms with van der Waals surface area (Å²) in [6, 6.07) is 10.4. The minimum absolute atomic E-state index is 0.0136. The number of amides is 1. The minimum atomic E-state index is -4.89. The quantitative estimate of drug-likeness (QED) is 0.313. The monoisotopic (exact) mass is 511 g/mol. The average Bonchev–Trinajstić information content (AvgIpc) is 3.55. The van der Waals surface area contributed by atoms with E-state index in [0.29, 0.717) is 5.69 Å². The fourth-order valence-electron chi connectivity index (χ4n) is 3.58. The Labute approximate surface area is 204 Å². The van der Waals surface area contributed by atoms with E-state index >= 15 is 0 Å². The first-order valence-corrected chi connectivity index (χ1v) is 10.6. The van der Waals surface area contributed by atoms with Crippen molar-refractivity contribution in [1.29, 1.82) is 0 Å². The van der Waals surface area contributed by atoms with Crippen molar-refractivity contribution < 1.29 is 26.7 Å². The lowest BCUT2D eigenvalue weighted by Gasteiger charge is -2.14. The third kappa shape index (κ3) is 4.78. The number of alkyl halides is 3. The highest BCUT2D eigenvalue weighted by Gasteiger charge is 2.36. The van der Waals surface area contributed by atoms with E-state index in [1.54, 1.807) is 6.07 Å². The first-order valence-electron chi connectivity index (χ1n) is 10.6. The van der Waals surface area contributed by atoms with E-state index in [0.717, 1.165) is 6.07 Å². The second-order valence-electron chi connectivity index (χ2n) is 7.66. The van der Waals surface area contributed by atoms with Gasteiger partial charge in [0.15, 0.2) is 5.82 Å². The predicted octanol–water partition coefficient (Wildman–Crippen LogP) is 5.27. The molecule has 0 aliphatic heterocycles. The van der Waals surface area contributed by atoms with Gasteiger partial charge < -0.3 is 5.32 Å². The zero-order chi connectivity index (χ0) is 26.2. The number of rotatable bonds is 5. The van der Waals surface area contributed by atoms with Crippen LogP contribution in [0.5, 0.6) is 0 Å². The van der Waals surface area contributed by atoms with Gasteiger partial charge in [-0.25, -0.2) is 23.4 Å². The van der Waals surface area contributed by atoms with Crippen LogP contribution in [0.1, 0.15) is 15.9 Å². The van der Waals surface area contributed by atoms with Crippen molar-refractivity contribution in [1.82, 2.24) is 29.9 Å². The molecule has 3 aromatic heterocycles. The second kappa shape index (κ2) is 9.26. The zero-order valence-corrected chi connectivity index (χ0v) is 18.5. The Morgan fingerprint density at radius 1 is 0.946 bits per heavy atom. The zero-order valence-electron chi connectivity index (χ0n) is 18.5. The molecule has 5 rings (SSSR count). The van der Waals surface area contributed by atoms with Gasteiger partial charge in [0, 0.05) is 30.2 Å².